The van der Waals surface area contributed by atoms with Gasteiger partial charge in [-0.05, 0) is 17.5 Å². The molecule has 1 unspecified atom stereocenters. The zero-order chi connectivity index (χ0) is 9.68. The van der Waals surface area contributed by atoms with Crippen LogP contribution in [-0.2, 0) is 6.42 Å². The summed E-state index contributed by atoms with van der Waals surface area (Å²) in [4.78, 5) is 4.39. The second-order valence-electron chi connectivity index (χ2n) is 2.90. The highest BCUT2D eigenvalue weighted by atomic mass is 79.9. The van der Waals surface area contributed by atoms with E-state index in [0.29, 0.717) is 5.92 Å². The normalized spacial score (nSPS) is 13.2. The first-order valence-corrected chi connectivity index (χ1v) is 7.15. The lowest BCUT2D eigenvalue weighted by Gasteiger charge is -2.03. The Balaban J connectivity index is 2.36. The van der Waals surface area contributed by atoms with Crippen LogP contribution in [0, 0.1) is 5.92 Å². The van der Waals surface area contributed by atoms with Crippen LogP contribution >= 0.6 is 39.2 Å². The van der Waals surface area contributed by atoms with Crippen molar-refractivity contribution >= 4 is 39.2 Å². The lowest BCUT2D eigenvalue weighted by Crippen LogP contribution is -1.98. The molecule has 0 aliphatic heterocycles. The van der Waals surface area contributed by atoms with Gasteiger partial charge in [-0.2, -0.15) is 4.37 Å². The molecular weight excluding hydrogens is 268 g/mol. The SMILES string of the molecule is CCc1nsc(SCC(C)CBr)n1. The topological polar surface area (TPSA) is 25.8 Å². The highest BCUT2D eigenvalue weighted by Gasteiger charge is 2.05. The van der Waals surface area contributed by atoms with Crippen LogP contribution in [0.3, 0.4) is 0 Å². The molecule has 0 N–H and O–H groups in total. The molecule has 5 heteroatoms. The highest BCUT2D eigenvalue weighted by molar-refractivity contribution is 9.09. The molecule has 0 aliphatic rings. The fourth-order valence-electron chi connectivity index (χ4n) is 0.698. The van der Waals surface area contributed by atoms with E-state index in [4.69, 9.17) is 0 Å². The number of aromatic nitrogens is 2. The fraction of sp³-hybridized carbons (Fsp3) is 0.750. The summed E-state index contributed by atoms with van der Waals surface area (Å²) in [5.41, 5.74) is 0. The van der Waals surface area contributed by atoms with Crippen LogP contribution in [0.1, 0.15) is 19.7 Å². The average molecular weight is 281 g/mol. The summed E-state index contributed by atoms with van der Waals surface area (Å²) >= 11 is 6.78. The van der Waals surface area contributed by atoms with Gasteiger partial charge in [0.15, 0.2) is 4.34 Å². The van der Waals surface area contributed by atoms with Crippen molar-refractivity contribution in [3.8, 4) is 0 Å². The molecule has 1 aromatic heterocycles. The number of hydrogen-bond donors (Lipinski definition) is 0. The Labute approximate surface area is 95.8 Å². The van der Waals surface area contributed by atoms with Crippen molar-refractivity contribution < 1.29 is 0 Å². The van der Waals surface area contributed by atoms with E-state index in [2.05, 4.69) is 39.1 Å². The molecule has 2 nitrogen and oxygen atoms in total. The van der Waals surface area contributed by atoms with Gasteiger partial charge in [-0.1, -0.05) is 41.5 Å². The maximum atomic E-state index is 4.39. The van der Waals surface area contributed by atoms with Crippen molar-refractivity contribution in [3.63, 3.8) is 0 Å². The van der Waals surface area contributed by atoms with E-state index >= 15 is 0 Å². The third-order valence-corrected chi connectivity index (χ3v) is 4.83. The van der Waals surface area contributed by atoms with Crippen LogP contribution in [0.2, 0.25) is 0 Å². The molecule has 0 bridgehead atoms. The van der Waals surface area contributed by atoms with Crippen molar-refractivity contribution in [2.45, 2.75) is 24.6 Å². The van der Waals surface area contributed by atoms with Crippen LogP contribution in [0.15, 0.2) is 4.34 Å². The van der Waals surface area contributed by atoms with Crippen molar-refractivity contribution in [1.29, 1.82) is 0 Å². The molecule has 0 spiro atoms. The van der Waals surface area contributed by atoms with Crippen LogP contribution in [0.4, 0.5) is 0 Å². The Morgan fingerprint density at radius 2 is 2.38 bits per heavy atom. The van der Waals surface area contributed by atoms with Crippen molar-refractivity contribution in [2.24, 2.45) is 5.92 Å². The average Bonchev–Trinajstić information content (AvgIpc) is 2.61. The third-order valence-electron chi connectivity index (χ3n) is 1.52. The van der Waals surface area contributed by atoms with E-state index in [1.54, 1.807) is 11.8 Å². The molecule has 0 aliphatic carbocycles. The van der Waals surface area contributed by atoms with Gasteiger partial charge >= 0.3 is 0 Å². The first-order valence-electron chi connectivity index (χ1n) is 4.27. The van der Waals surface area contributed by atoms with Crippen LogP contribution in [0.5, 0.6) is 0 Å². The lowest BCUT2D eigenvalue weighted by atomic mass is 10.3. The lowest BCUT2D eigenvalue weighted by molar-refractivity contribution is 0.770. The fourth-order valence-corrected chi connectivity index (χ4v) is 2.97. The Hall–Kier alpha value is 0.390. The number of alkyl halides is 1. The van der Waals surface area contributed by atoms with E-state index in [1.165, 1.54) is 11.5 Å². The largest absolute Gasteiger partial charge is 0.213 e. The number of rotatable bonds is 5. The summed E-state index contributed by atoms with van der Waals surface area (Å²) in [6.45, 7) is 4.31. The molecule has 1 atom stereocenters. The second-order valence-corrected chi connectivity index (χ2v) is 5.57. The van der Waals surface area contributed by atoms with Crippen LogP contribution < -0.4 is 0 Å². The first kappa shape index (κ1) is 11.5. The molecule has 0 aromatic carbocycles. The van der Waals surface area contributed by atoms with Crippen molar-refractivity contribution in [3.05, 3.63) is 5.82 Å². The Bertz CT molecular complexity index is 252. The summed E-state index contributed by atoms with van der Waals surface area (Å²) in [5, 5.41) is 1.05. The predicted molar refractivity (Wildman–Crippen MR) is 63.0 cm³/mol. The van der Waals surface area contributed by atoms with Gasteiger partial charge in [0.25, 0.3) is 0 Å². The number of thioether (sulfide) groups is 1. The van der Waals surface area contributed by atoms with E-state index in [0.717, 1.165) is 27.7 Å². The number of halogens is 1. The Morgan fingerprint density at radius 3 is 2.92 bits per heavy atom. The van der Waals surface area contributed by atoms with Gasteiger partial charge in [0.2, 0.25) is 0 Å². The zero-order valence-corrected chi connectivity index (χ0v) is 11.0. The number of hydrogen-bond acceptors (Lipinski definition) is 4. The minimum Gasteiger partial charge on any atom is -0.213 e. The summed E-state index contributed by atoms with van der Waals surface area (Å²) in [5.74, 6) is 2.78. The smallest absolute Gasteiger partial charge is 0.170 e. The molecule has 13 heavy (non-hydrogen) atoms. The van der Waals surface area contributed by atoms with Gasteiger partial charge in [-0.15, -0.1) is 0 Å². The number of nitrogens with zero attached hydrogens (tertiary/aromatic N) is 2. The molecule has 0 saturated carbocycles. The summed E-state index contributed by atoms with van der Waals surface area (Å²) in [7, 11) is 0. The van der Waals surface area contributed by atoms with E-state index in [1.807, 2.05) is 0 Å². The molecule has 0 saturated heterocycles. The summed E-state index contributed by atoms with van der Waals surface area (Å²) in [6.07, 6.45) is 0.936. The monoisotopic (exact) mass is 280 g/mol. The third kappa shape index (κ3) is 3.95. The maximum Gasteiger partial charge on any atom is 0.170 e. The zero-order valence-electron chi connectivity index (χ0n) is 7.79. The quantitative estimate of drug-likeness (QED) is 0.612. The summed E-state index contributed by atoms with van der Waals surface area (Å²) < 4.78 is 5.34. The molecule has 74 valence electrons. The standard InChI is InChI=1S/C8H13BrN2S2/c1-3-7-10-8(13-11-7)12-5-6(2)4-9/h6H,3-5H2,1-2H3. The molecule has 1 rings (SSSR count). The Morgan fingerprint density at radius 1 is 1.62 bits per heavy atom. The Kier molecular flexibility index (Phi) is 5.28. The second kappa shape index (κ2) is 5.98. The molecule has 0 amide bonds. The van der Waals surface area contributed by atoms with Crippen molar-refractivity contribution in [1.82, 2.24) is 9.36 Å². The van der Waals surface area contributed by atoms with Gasteiger partial charge < -0.3 is 0 Å². The number of aryl methyl sites for hydroxylation is 1. The molecule has 0 fully saturated rings. The summed E-state index contributed by atoms with van der Waals surface area (Å²) in [6, 6.07) is 0. The predicted octanol–water partition coefficient (Wildman–Crippen LogP) is 3.22. The molecule has 1 heterocycles. The van der Waals surface area contributed by atoms with Gasteiger partial charge in [0.1, 0.15) is 5.82 Å². The highest BCUT2D eigenvalue weighted by Crippen LogP contribution is 2.23. The van der Waals surface area contributed by atoms with E-state index < -0.39 is 0 Å². The minimum absolute atomic E-state index is 0.693. The van der Waals surface area contributed by atoms with E-state index in [-0.39, 0.29) is 0 Å². The van der Waals surface area contributed by atoms with Gasteiger partial charge in [0.05, 0.1) is 0 Å². The van der Waals surface area contributed by atoms with Crippen LogP contribution in [0.25, 0.3) is 0 Å². The van der Waals surface area contributed by atoms with Crippen LogP contribution in [-0.4, -0.2) is 20.4 Å². The minimum atomic E-state index is 0.693. The van der Waals surface area contributed by atoms with Crippen molar-refractivity contribution in [2.75, 3.05) is 11.1 Å². The van der Waals surface area contributed by atoms with Gasteiger partial charge in [0, 0.05) is 17.5 Å². The van der Waals surface area contributed by atoms with E-state index in [9.17, 15) is 0 Å². The van der Waals surface area contributed by atoms with Gasteiger partial charge in [-0.3, -0.25) is 0 Å². The van der Waals surface area contributed by atoms with Gasteiger partial charge in [-0.25, -0.2) is 4.98 Å². The molecular formula is C8H13BrN2S2. The molecule has 1 aromatic rings. The molecule has 0 radical (unpaired) electrons. The first-order chi connectivity index (χ1) is 6.26. The maximum absolute atomic E-state index is 4.39.